The van der Waals surface area contributed by atoms with Crippen LogP contribution >= 0.6 is 11.6 Å². The van der Waals surface area contributed by atoms with E-state index in [9.17, 15) is 4.79 Å². The third-order valence-corrected chi connectivity index (χ3v) is 5.46. The Morgan fingerprint density at radius 3 is 2.77 bits per heavy atom. The first-order chi connectivity index (χ1) is 15.2. The summed E-state index contributed by atoms with van der Waals surface area (Å²) in [5, 5.41) is 4.21. The van der Waals surface area contributed by atoms with E-state index in [-0.39, 0.29) is 17.6 Å². The highest BCUT2D eigenvalue weighted by Gasteiger charge is 2.19. The van der Waals surface area contributed by atoms with Crippen molar-refractivity contribution in [2.24, 2.45) is 4.99 Å². The molecule has 1 atom stereocenters. The molecule has 0 radical (unpaired) electrons. The normalized spacial score (nSPS) is 18.4. The first kappa shape index (κ1) is 19.9. The van der Waals surface area contributed by atoms with Crippen molar-refractivity contribution in [3.05, 3.63) is 58.6 Å². The van der Waals surface area contributed by atoms with Crippen molar-refractivity contribution in [3.63, 3.8) is 0 Å². The van der Waals surface area contributed by atoms with Crippen LogP contribution in [0.2, 0.25) is 5.02 Å². The van der Waals surface area contributed by atoms with Crippen molar-refractivity contribution in [2.75, 3.05) is 26.4 Å². The number of nitrogens with zero attached hydrogens (tertiary/aromatic N) is 1. The molecule has 2 aromatic carbocycles. The number of benzene rings is 2. The van der Waals surface area contributed by atoms with E-state index in [1.165, 1.54) is 0 Å². The number of carbonyl (C=O) groups excluding carboxylic acids is 1. The van der Waals surface area contributed by atoms with Gasteiger partial charge in [0.15, 0.2) is 11.5 Å². The number of rotatable bonds is 4. The molecule has 31 heavy (non-hydrogen) atoms. The second-order valence-electron chi connectivity index (χ2n) is 7.43. The summed E-state index contributed by atoms with van der Waals surface area (Å²) in [6.45, 7) is 2.17. The Morgan fingerprint density at radius 1 is 1.06 bits per heavy atom. The molecule has 0 bridgehead atoms. The van der Waals surface area contributed by atoms with Crippen LogP contribution in [0.4, 0.5) is 5.69 Å². The summed E-state index contributed by atoms with van der Waals surface area (Å²) < 4.78 is 22.8. The van der Waals surface area contributed by atoms with Crippen molar-refractivity contribution < 1.29 is 23.4 Å². The van der Waals surface area contributed by atoms with E-state index in [1.54, 1.807) is 42.5 Å². The molecule has 1 amide bonds. The fourth-order valence-corrected chi connectivity index (χ4v) is 3.85. The number of hydrogen-bond acceptors (Lipinski definition) is 6. The van der Waals surface area contributed by atoms with Crippen molar-refractivity contribution in [2.45, 2.75) is 18.9 Å². The number of fused-ring (bicyclic) bond motifs is 2. The van der Waals surface area contributed by atoms with Gasteiger partial charge in [0, 0.05) is 29.6 Å². The fourth-order valence-electron chi connectivity index (χ4n) is 3.67. The molecule has 0 saturated carbocycles. The predicted molar refractivity (Wildman–Crippen MR) is 115 cm³/mol. The highest BCUT2D eigenvalue weighted by atomic mass is 35.5. The predicted octanol–water partition coefficient (Wildman–Crippen LogP) is 4.00. The fraction of sp³-hybridized carbons (Fsp3) is 0.304. The average molecular weight is 441 g/mol. The van der Waals surface area contributed by atoms with Gasteiger partial charge in [-0.15, -0.1) is 0 Å². The minimum absolute atomic E-state index is 0.0361. The van der Waals surface area contributed by atoms with Crippen LogP contribution in [0.1, 0.15) is 23.2 Å². The Morgan fingerprint density at radius 2 is 1.94 bits per heavy atom. The van der Waals surface area contributed by atoms with E-state index in [0.29, 0.717) is 53.1 Å². The van der Waals surface area contributed by atoms with Crippen LogP contribution < -0.4 is 20.3 Å². The summed E-state index contributed by atoms with van der Waals surface area (Å²) in [4.78, 5) is 17.6. The number of hydrogen-bond donors (Lipinski definition) is 1. The summed E-state index contributed by atoms with van der Waals surface area (Å²) in [7, 11) is 0. The minimum Gasteiger partial charge on any atom is -0.486 e. The molecule has 2 aliphatic rings. The summed E-state index contributed by atoms with van der Waals surface area (Å²) >= 11 is 6.13. The molecule has 1 aromatic heterocycles. The van der Waals surface area contributed by atoms with Gasteiger partial charge in [0.05, 0.1) is 11.8 Å². The Labute approximate surface area is 183 Å². The van der Waals surface area contributed by atoms with Gasteiger partial charge in [0.2, 0.25) is 5.55 Å². The van der Waals surface area contributed by atoms with E-state index >= 15 is 0 Å². The highest BCUT2D eigenvalue weighted by Crippen LogP contribution is 2.33. The molecule has 160 valence electrons. The van der Waals surface area contributed by atoms with Crippen molar-refractivity contribution in [3.8, 4) is 11.5 Å². The summed E-state index contributed by atoms with van der Waals surface area (Å²) in [5.41, 5.74) is 1.70. The SMILES string of the molecule is O=C(NC[C@@H]1CCCO1)c1cc2cc(Cl)ccc2oc1=Nc1ccc2c(c1)OCCO2. The molecule has 0 aliphatic carbocycles. The topological polar surface area (TPSA) is 82.3 Å². The molecule has 0 spiro atoms. The molecule has 2 aliphatic heterocycles. The smallest absolute Gasteiger partial charge is 0.256 e. The van der Waals surface area contributed by atoms with Crippen molar-refractivity contribution in [1.29, 1.82) is 0 Å². The molecular weight excluding hydrogens is 420 g/mol. The standard InChI is InChI=1S/C23H21ClN2O5/c24-15-3-5-19-14(10-15)11-18(22(27)25-13-17-2-1-7-28-17)23(31-19)26-16-4-6-20-21(12-16)30-9-8-29-20/h3-6,10-12,17H,1-2,7-9,13H2,(H,25,27)/t17-/m0/s1. The van der Waals surface area contributed by atoms with Crippen LogP contribution in [0, 0.1) is 0 Å². The Kier molecular flexibility index (Phi) is 5.53. The zero-order valence-electron chi connectivity index (χ0n) is 16.7. The van der Waals surface area contributed by atoms with E-state index < -0.39 is 0 Å². The Balaban J connectivity index is 1.54. The lowest BCUT2D eigenvalue weighted by Crippen LogP contribution is -2.34. The van der Waals surface area contributed by atoms with Crippen LogP contribution in [0.3, 0.4) is 0 Å². The third kappa shape index (κ3) is 4.38. The maximum absolute atomic E-state index is 13.0. The molecule has 5 rings (SSSR count). The number of nitrogens with one attached hydrogen (secondary N) is 1. The van der Waals surface area contributed by atoms with E-state index in [0.717, 1.165) is 24.8 Å². The summed E-state index contributed by atoms with van der Waals surface area (Å²) in [6.07, 6.45) is 1.98. The minimum atomic E-state index is -0.280. The van der Waals surface area contributed by atoms with Gasteiger partial charge in [0.25, 0.3) is 5.91 Å². The van der Waals surface area contributed by atoms with Crippen molar-refractivity contribution >= 4 is 34.2 Å². The van der Waals surface area contributed by atoms with Crippen LogP contribution in [0.15, 0.2) is 51.9 Å². The molecular formula is C23H21ClN2O5. The van der Waals surface area contributed by atoms with E-state index in [1.807, 2.05) is 0 Å². The maximum atomic E-state index is 13.0. The molecule has 1 fully saturated rings. The molecule has 0 unspecified atom stereocenters. The van der Waals surface area contributed by atoms with E-state index in [2.05, 4.69) is 10.3 Å². The molecule has 3 heterocycles. The van der Waals surface area contributed by atoms with Gasteiger partial charge in [-0.05, 0) is 49.2 Å². The van der Waals surface area contributed by atoms with Gasteiger partial charge < -0.3 is 23.9 Å². The average Bonchev–Trinajstić information content (AvgIpc) is 3.31. The summed E-state index contributed by atoms with van der Waals surface area (Å²) in [5.74, 6) is 1.01. The number of halogens is 1. The highest BCUT2D eigenvalue weighted by molar-refractivity contribution is 6.31. The molecule has 8 heteroatoms. The Hall–Kier alpha value is -3.03. The first-order valence-electron chi connectivity index (χ1n) is 10.2. The van der Waals surface area contributed by atoms with Crippen LogP contribution in [-0.4, -0.2) is 38.4 Å². The molecule has 1 N–H and O–H groups in total. The van der Waals surface area contributed by atoms with Crippen LogP contribution in [0.25, 0.3) is 11.0 Å². The van der Waals surface area contributed by atoms with Crippen LogP contribution in [0.5, 0.6) is 11.5 Å². The second-order valence-corrected chi connectivity index (χ2v) is 7.87. The molecule has 1 saturated heterocycles. The van der Waals surface area contributed by atoms with E-state index in [4.69, 9.17) is 30.2 Å². The lowest BCUT2D eigenvalue weighted by atomic mass is 10.1. The Bertz CT molecular complexity index is 1200. The van der Waals surface area contributed by atoms with Gasteiger partial charge in [0.1, 0.15) is 24.4 Å². The zero-order valence-corrected chi connectivity index (χ0v) is 17.5. The van der Waals surface area contributed by atoms with Crippen molar-refractivity contribution in [1.82, 2.24) is 5.32 Å². The molecule has 3 aromatic rings. The molecule has 7 nitrogen and oxygen atoms in total. The maximum Gasteiger partial charge on any atom is 0.256 e. The van der Waals surface area contributed by atoms with Gasteiger partial charge >= 0.3 is 0 Å². The van der Waals surface area contributed by atoms with Gasteiger partial charge in [-0.1, -0.05) is 11.6 Å². The number of amides is 1. The first-order valence-corrected chi connectivity index (χ1v) is 10.6. The number of carbonyl (C=O) groups is 1. The van der Waals surface area contributed by atoms with Gasteiger partial charge in [-0.25, -0.2) is 4.99 Å². The zero-order chi connectivity index (χ0) is 21.2. The van der Waals surface area contributed by atoms with Crippen LogP contribution in [-0.2, 0) is 4.74 Å². The lowest BCUT2D eigenvalue weighted by Gasteiger charge is -2.18. The third-order valence-electron chi connectivity index (χ3n) is 5.22. The largest absolute Gasteiger partial charge is 0.486 e. The lowest BCUT2D eigenvalue weighted by molar-refractivity contribution is 0.0854. The second kappa shape index (κ2) is 8.61. The van der Waals surface area contributed by atoms with Gasteiger partial charge in [-0.2, -0.15) is 0 Å². The number of ether oxygens (including phenoxy) is 3. The summed E-state index contributed by atoms with van der Waals surface area (Å²) in [6, 6.07) is 12.4. The quantitative estimate of drug-likeness (QED) is 0.663. The van der Waals surface area contributed by atoms with Gasteiger partial charge in [-0.3, -0.25) is 4.79 Å². The monoisotopic (exact) mass is 440 g/mol.